The van der Waals surface area contributed by atoms with Crippen molar-refractivity contribution >= 4 is 14.1 Å². The van der Waals surface area contributed by atoms with E-state index in [9.17, 15) is 4.79 Å². The summed E-state index contributed by atoms with van der Waals surface area (Å²) in [6.45, 7) is 16.7. The van der Waals surface area contributed by atoms with Gasteiger partial charge in [-0.3, -0.25) is 4.79 Å². The predicted molar refractivity (Wildman–Crippen MR) is 88.3 cm³/mol. The van der Waals surface area contributed by atoms with Crippen molar-refractivity contribution < 1.29 is 9.22 Å². The first-order valence-corrected chi connectivity index (χ1v) is 10.7. The van der Waals surface area contributed by atoms with Crippen LogP contribution in [0.5, 0.6) is 0 Å². The summed E-state index contributed by atoms with van der Waals surface area (Å²) in [6.07, 6.45) is 9.00. The van der Waals surface area contributed by atoms with Crippen LogP contribution in [0.15, 0.2) is 36.5 Å². The van der Waals surface area contributed by atoms with Crippen molar-refractivity contribution in [3.8, 4) is 0 Å². The van der Waals surface area contributed by atoms with Crippen molar-refractivity contribution in [3.63, 3.8) is 0 Å². The van der Waals surface area contributed by atoms with Gasteiger partial charge >= 0.3 is 0 Å². The van der Waals surface area contributed by atoms with E-state index in [1.807, 2.05) is 0 Å². The van der Waals surface area contributed by atoms with E-state index in [1.165, 1.54) is 11.6 Å². The van der Waals surface area contributed by atoms with Crippen LogP contribution in [0.4, 0.5) is 0 Å². The third kappa shape index (κ3) is 3.58. The molecule has 1 aliphatic carbocycles. The predicted octanol–water partition coefficient (Wildman–Crippen LogP) is 4.65. The van der Waals surface area contributed by atoms with Crippen LogP contribution < -0.4 is 0 Å². The van der Waals surface area contributed by atoms with Gasteiger partial charge in [0.2, 0.25) is 0 Å². The molecule has 0 fully saturated rings. The Morgan fingerprint density at radius 1 is 1.40 bits per heavy atom. The smallest absolute Gasteiger partial charge is 0.185 e. The number of allylic oxidation sites excluding steroid dienone is 3. The minimum atomic E-state index is -1.74. The SMILES string of the molecule is C=CC(=O)CCC1(O[Si](C)(C)C)C(C)=CC=CC1(C)C. The van der Waals surface area contributed by atoms with Crippen LogP contribution in [-0.4, -0.2) is 19.7 Å². The first-order chi connectivity index (χ1) is 9.04. The fourth-order valence-corrected chi connectivity index (χ4v) is 4.49. The number of hydrogen-bond donors (Lipinski definition) is 0. The quantitative estimate of drug-likeness (QED) is 0.526. The minimum Gasteiger partial charge on any atom is -0.408 e. The Kier molecular flexibility index (Phi) is 4.98. The lowest BCUT2D eigenvalue weighted by Crippen LogP contribution is -2.53. The normalized spacial score (nSPS) is 25.2. The minimum absolute atomic E-state index is 0.0849. The summed E-state index contributed by atoms with van der Waals surface area (Å²) in [7, 11) is -1.74. The molecule has 0 aromatic rings. The van der Waals surface area contributed by atoms with Crippen LogP contribution >= 0.6 is 0 Å². The van der Waals surface area contributed by atoms with E-state index in [0.717, 1.165) is 0 Å². The fourth-order valence-electron chi connectivity index (χ4n) is 2.92. The molecule has 0 radical (unpaired) electrons. The van der Waals surface area contributed by atoms with Gasteiger partial charge in [-0.2, -0.15) is 0 Å². The van der Waals surface area contributed by atoms with E-state index in [4.69, 9.17) is 4.43 Å². The summed E-state index contributed by atoms with van der Waals surface area (Å²) in [5.74, 6) is 0.0849. The molecule has 2 nitrogen and oxygen atoms in total. The number of carbonyl (C=O) groups excluding carboxylic acids is 1. The summed E-state index contributed by atoms with van der Waals surface area (Å²) < 4.78 is 6.62. The molecule has 0 saturated carbocycles. The summed E-state index contributed by atoms with van der Waals surface area (Å²) in [5.41, 5.74) is 0.711. The van der Waals surface area contributed by atoms with Gasteiger partial charge < -0.3 is 4.43 Å². The van der Waals surface area contributed by atoms with Gasteiger partial charge in [-0.05, 0) is 44.6 Å². The van der Waals surface area contributed by atoms with E-state index >= 15 is 0 Å². The van der Waals surface area contributed by atoms with Gasteiger partial charge in [0.05, 0.1) is 5.60 Å². The van der Waals surface area contributed by atoms with Gasteiger partial charge in [-0.1, -0.05) is 38.7 Å². The molecule has 20 heavy (non-hydrogen) atoms. The standard InChI is InChI=1S/C17H28O2Si/c1-8-15(18)11-13-17(19-20(5,6)7)14(2)10-9-12-16(17,3)4/h8-10,12H,1,11,13H2,2-7H3. The first-order valence-electron chi connectivity index (χ1n) is 7.26. The maximum Gasteiger partial charge on any atom is 0.185 e. The summed E-state index contributed by atoms with van der Waals surface area (Å²) in [5, 5.41) is 0. The van der Waals surface area contributed by atoms with Crippen LogP contribution in [0.25, 0.3) is 0 Å². The monoisotopic (exact) mass is 292 g/mol. The number of ketones is 1. The van der Waals surface area contributed by atoms with Crippen LogP contribution in [0.2, 0.25) is 19.6 Å². The molecular formula is C17H28O2Si. The molecule has 0 bridgehead atoms. The largest absolute Gasteiger partial charge is 0.408 e. The zero-order valence-corrected chi connectivity index (χ0v) is 14.7. The zero-order chi connectivity index (χ0) is 15.6. The van der Waals surface area contributed by atoms with Crippen LogP contribution in [0, 0.1) is 5.41 Å². The molecule has 1 rings (SSSR count). The van der Waals surface area contributed by atoms with Crippen molar-refractivity contribution in [2.24, 2.45) is 5.41 Å². The molecule has 0 heterocycles. The average Bonchev–Trinajstić information content (AvgIpc) is 2.30. The van der Waals surface area contributed by atoms with Crippen molar-refractivity contribution in [2.45, 2.75) is 58.9 Å². The zero-order valence-electron chi connectivity index (χ0n) is 13.7. The molecule has 1 unspecified atom stereocenters. The molecule has 0 saturated heterocycles. The van der Waals surface area contributed by atoms with Crippen LogP contribution in [0.3, 0.4) is 0 Å². The first kappa shape index (κ1) is 17.1. The Hall–Kier alpha value is -0.933. The number of carbonyl (C=O) groups is 1. The molecule has 0 aromatic heterocycles. The molecule has 0 spiro atoms. The van der Waals surface area contributed by atoms with Crippen LogP contribution in [-0.2, 0) is 9.22 Å². The molecule has 112 valence electrons. The highest BCUT2D eigenvalue weighted by atomic mass is 28.4. The maximum atomic E-state index is 11.7. The molecule has 0 amide bonds. The van der Waals surface area contributed by atoms with Gasteiger partial charge in [0, 0.05) is 11.8 Å². The van der Waals surface area contributed by atoms with Gasteiger partial charge in [-0.15, -0.1) is 0 Å². The second-order valence-electron chi connectivity index (χ2n) is 7.14. The summed E-state index contributed by atoms with van der Waals surface area (Å²) >= 11 is 0. The van der Waals surface area contributed by atoms with E-state index in [-0.39, 0.29) is 16.8 Å². The Morgan fingerprint density at radius 2 is 2.00 bits per heavy atom. The maximum absolute atomic E-state index is 11.7. The van der Waals surface area contributed by atoms with Gasteiger partial charge in [0.25, 0.3) is 0 Å². The van der Waals surface area contributed by atoms with Crippen LogP contribution in [0.1, 0.15) is 33.6 Å². The molecule has 0 aromatic carbocycles. The Morgan fingerprint density at radius 3 is 2.45 bits per heavy atom. The fraction of sp³-hybridized carbons (Fsp3) is 0.588. The third-order valence-corrected chi connectivity index (χ3v) is 4.93. The lowest BCUT2D eigenvalue weighted by atomic mass is 9.66. The Bertz CT molecular complexity index is 452. The van der Waals surface area contributed by atoms with Crippen molar-refractivity contribution in [1.29, 1.82) is 0 Å². The van der Waals surface area contributed by atoms with Gasteiger partial charge in [0.1, 0.15) is 0 Å². The van der Waals surface area contributed by atoms with Crippen molar-refractivity contribution in [1.82, 2.24) is 0 Å². The number of hydrogen-bond acceptors (Lipinski definition) is 2. The Balaban J connectivity index is 3.18. The lowest BCUT2D eigenvalue weighted by Gasteiger charge is -2.51. The van der Waals surface area contributed by atoms with E-state index in [0.29, 0.717) is 12.8 Å². The van der Waals surface area contributed by atoms with E-state index < -0.39 is 8.32 Å². The average molecular weight is 292 g/mol. The summed E-state index contributed by atoms with van der Waals surface area (Å²) in [4.78, 5) is 11.7. The number of rotatable bonds is 6. The highest BCUT2D eigenvalue weighted by Gasteiger charge is 2.49. The highest BCUT2D eigenvalue weighted by molar-refractivity contribution is 6.69. The van der Waals surface area contributed by atoms with Gasteiger partial charge in [-0.25, -0.2) is 0 Å². The molecule has 0 N–H and O–H groups in total. The van der Waals surface area contributed by atoms with Crippen molar-refractivity contribution in [2.75, 3.05) is 0 Å². The molecule has 1 atom stereocenters. The highest BCUT2D eigenvalue weighted by Crippen LogP contribution is 2.48. The van der Waals surface area contributed by atoms with E-state index in [2.05, 4.69) is 65.2 Å². The van der Waals surface area contributed by atoms with Crippen molar-refractivity contribution in [3.05, 3.63) is 36.5 Å². The molecule has 0 aliphatic heterocycles. The second kappa shape index (κ2) is 5.82. The van der Waals surface area contributed by atoms with Gasteiger partial charge in [0.15, 0.2) is 14.1 Å². The molecular weight excluding hydrogens is 264 g/mol. The molecule has 1 aliphatic rings. The Labute approximate surface area is 124 Å². The third-order valence-electron chi connectivity index (χ3n) is 3.97. The van der Waals surface area contributed by atoms with E-state index in [1.54, 1.807) is 0 Å². The lowest BCUT2D eigenvalue weighted by molar-refractivity contribution is -0.116. The topological polar surface area (TPSA) is 26.3 Å². The summed E-state index contributed by atoms with van der Waals surface area (Å²) in [6, 6.07) is 0. The molecule has 3 heteroatoms. The second-order valence-corrected chi connectivity index (χ2v) is 11.6.